The third-order valence-electron chi connectivity index (χ3n) is 3.48. The van der Waals surface area contributed by atoms with Crippen LogP contribution in [-0.4, -0.2) is 29.1 Å². The maximum atomic E-state index is 11.8. The van der Waals surface area contributed by atoms with E-state index in [1.807, 2.05) is 4.90 Å². The molecule has 1 N–H and O–H groups in total. The molecule has 2 saturated carbocycles. The first-order valence-corrected chi connectivity index (χ1v) is 4.79. The zero-order valence-corrected chi connectivity index (χ0v) is 7.34. The van der Waals surface area contributed by atoms with Crippen molar-refractivity contribution >= 4 is 5.91 Å². The summed E-state index contributed by atoms with van der Waals surface area (Å²) in [4.78, 5) is 13.8. The molecule has 0 aromatic rings. The molecular weight excluding hydrogens is 152 g/mol. The van der Waals surface area contributed by atoms with Gasteiger partial charge in [-0.15, -0.1) is 0 Å². The first kappa shape index (κ1) is 6.89. The van der Waals surface area contributed by atoms with E-state index in [1.165, 1.54) is 6.42 Å². The molecule has 3 rings (SSSR count). The Hall–Kier alpha value is -0.570. The predicted octanol–water partition coefficient (Wildman–Crippen LogP) is 0.317. The highest BCUT2D eigenvalue weighted by molar-refractivity contribution is 5.91. The topological polar surface area (TPSA) is 32.3 Å². The van der Waals surface area contributed by atoms with Gasteiger partial charge in [-0.1, -0.05) is 6.92 Å². The number of hydrogen-bond donors (Lipinski definition) is 1. The Kier molecular flexibility index (Phi) is 1.06. The van der Waals surface area contributed by atoms with Gasteiger partial charge in [0.05, 0.1) is 12.2 Å². The van der Waals surface area contributed by atoms with Gasteiger partial charge in [-0.25, -0.2) is 0 Å². The molecule has 3 fully saturated rings. The quantitative estimate of drug-likeness (QED) is 0.608. The molecule has 3 heteroatoms. The molecule has 2 unspecified atom stereocenters. The minimum absolute atomic E-state index is 0.0810. The van der Waals surface area contributed by atoms with Crippen molar-refractivity contribution in [3.63, 3.8) is 0 Å². The molecule has 1 heterocycles. The highest BCUT2D eigenvalue weighted by Crippen LogP contribution is 2.45. The molecule has 1 spiro atoms. The van der Waals surface area contributed by atoms with E-state index in [4.69, 9.17) is 0 Å². The van der Waals surface area contributed by atoms with Crippen molar-refractivity contribution in [2.24, 2.45) is 5.92 Å². The van der Waals surface area contributed by atoms with Crippen LogP contribution in [-0.2, 0) is 4.79 Å². The molecular formula is C9H14N2O. The van der Waals surface area contributed by atoms with Crippen molar-refractivity contribution in [2.75, 3.05) is 6.67 Å². The summed E-state index contributed by atoms with van der Waals surface area (Å²) in [7, 11) is 0. The molecule has 1 aliphatic heterocycles. The molecule has 1 amide bonds. The summed E-state index contributed by atoms with van der Waals surface area (Å²) in [5.41, 5.74) is -0.0810. The van der Waals surface area contributed by atoms with E-state index in [0.29, 0.717) is 11.9 Å². The van der Waals surface area contributed by atoms with Gasteiger partial charge in [-0.2, -0.15) is 0 Å². The largest absolute Gasteiger partial charge is 0.325 e. The first-order valence-electron chi connectivity index (χ1n) is 4.79. The van der Waals surface area contributed by atoms with Crippen LogP contribution >= 0.6 is 0 Å². The number of nitrogens with one attached hydrogen (secondary N) is 1. The van der Waals surface area contributed by atoms with Crippen molar-refractivity contribution in [1.29, 1.82) is 0 Å². The lowest BCUT2D eigenvalue weighted by Gasteiger charge is -2.14. The molecule has 0 aromatic heterocycles. The molecule has 0 aromatic carbocycles. The molecule has 0 radical (unpaired) electrons. The summed E-state index contributed by atoms with van der Waals surface area (Å²) in [6.07, 6.45) is 3.33. The third-order valence-corrected chi connectivity index (χ3v) is 3.48. The van der Waals surface area contributed by atoms with E-state index in [9.17, 15) is 4.79 Å². The molecule has 3 nitrogen and oxygen atoms in total. The van der Waals surface area contributed by atoms with Gasteiger partial charge in [-0.3, -0.25) is 10.1 Å². The summed E-state index contributed by atoms with van der Waals surface area (Å²) in [6.45, 7) is 3.02. The van der Waals surface area contributed by atoms with Crippen LogP contribution in [0.1, 0.15) is 26.2 Å². The first-order chi connectivity index (χ1) is 5.73. The lowest BCUT2D eigenvalue weighted by atomic mass is 10.3. The van der Waals surface area contributed by atoms with E-state index >= 15 is 0 Å². The van der Waals surface area contributed by atoms with Crippen LogP contribution in [0.2, 0.25) is 0 Å². The normalized spacial score (nSPS) is 42.4. The van der Waals surface area contributed by atoms with Gasteiger partial charge < -0.3 is 4.90 Å². The Morgan fingerprint density at radius 3 is 2.67 bits per heavy atom. The maximum Gasteiger partial charge on any atom is 0.244 e. The average Bonchev–Trinajstić information content (AvgIpc) is 2.89. The highest BCUT2D eigenvalue weighted by Gasteiger charge is 2.58. The van der Waals surface area contributed by atoms with Gasteiger partial charge in [0, 0.05) is 6.04 Å². The Labute approximate surface area is 72.1 Å². The highest BCUT2D eigenvalue weighted by atomic mass is 16.2. The van der Waals surface area contributed by atoms with Crippen molar-refractivity contribution in [3.8, 4) is 0 Å². The maximum absolute atomic E-state index is 11.8. The summed E-state index contributed by atoms with van der Waals surface area (Å²) < 4.78 is 0. The number of amides is 1. The minimum atomic E-state index is -0.0810. The van der Waals surface area contributed by atoms with E-state index < -0.39 is 0 Å². The van der Waals surface area contributed by atoms with Crippen LogP contribution < -0.4 is 5.32 Å². The minimum Gasteiger partial charge on any atom is -0.325 e. The third kappa shape index (κ3) is 0.724. The van der Waals surface area contributed by atoms with Crippen molar-refractivity contribution in [1.82, 2.24) is 10.2 Å². The van der Waals surface area contributed by atoms with E-state index in [0.717, 1.165) is 25.4 Å². The van der Waals surface area contributed by atoms with E-state index in [2.05, 4.69) is 12.2 Å². The Bertz CT molecular complexity index is 247. The lowest BCUT2D eigenvalue weighted by Crippen LogP contribution is -2.33. The predicted molar refractivity (Wildman–Crippen MR) is 44.4 cm³/mol. The zero-order valence-electron chi connectivity index (χ0n) is 7.34. The zero-order chi connectivity index (χ0) is 8.34. The molecule has 12 heavy (non-hydrogen) atoms. The lowest BCUT2D eigenvalue weighted by molar-refractivity contribution is -0.130. The summed E-state index contributed by atoms with van der Waals surface area (Å²) in [5.74, 6) is 1.11. The van der Waals surface area contributed by atoms with Gasteiger partial charge in [0.15, 0.2) is 0 Å². The summed E-state index contributed by atoms with van der Waals surface area (Å²) >= 11 is 0. The number of carbonyl (C=O) groups is 1. The molecule has 0 bridgehead atoms. The van der Waals surface area contributed by atoms with Crippen LogP contribution in [0.5, 0.6) is 0 Å². The fourth-order valence-electron chi connectivity index (χ4n) is 2.18. The SMILES string of the molecule is CC1CC1N1CNC2(CC2)C1=O. The Balaban J connectivity index is 1.78. The van der Waals surface area contributed by atoms with Crippen molar-refractivity contribution < 1.29 is 4.79 Å². The second kappa shape index (κ2) is 1.84. The fraction of sp³-hybridized carbons (Fsp3) is 0.889. The van der Waals surface area contributed by atoms with Crippen LogP contribution in [0.25, 0.3) is 0 Å². The molecule has 2 atom stereocenters. The van der Waals surface area contributed by atoms with Crippen LogP contribution in [0, 0.1) is 5.92 Å². The van der Waals surface area contributed by atoms with Gasteiger partial charge in [0.2, 0.25) is 5.91 Å². The average molecular weight is 166 g/mol. The molecule has 3 aliphatic rings. The molecule has 1 saturated heterocycles. The van der Waals surface area contributed by atoms with Gasteiger partial charge in [0.1, 0.15) is 0 Å². The standard InChI is InChI=1S/C9H14N2O/c1-6-4-7(6)11-5-10-9(2-3-9)8(11)12/h6-7,10H,2-5H2,1H3. The fourth-order valence-corrected chi connectivity index (χ4v) is 2.18. The van der Waals surface area contributed by atoms with E-state index in [1.54, 1.807) is 0 Å². The second-order valence-electron chi connectivity index (χ2n) is 4.47. The second-order valence-corrected chi connectivity index (χ2v) is 4.47. The Morgan fingerprint density at radius 2 is 2.25 bits per heavy atom. The summed E-state index contributed by atoms with van der Waals surface area (Å²) in [6, 6.07) is 0.560. The van der Waals surface area contributed by atoms with Gasteiger partial charge >= 0.3 is 0 Å². The van der Waals surface area contributed by atoms with Crippen LogP contribution in [0.15, 0.2) is 0 Å². The number of rotatable bonds is 1. The van der Waals surface area contributed by atoms with E-state index in [-0.39, 0.29) is 5.54 Å². The number of carbonyl (C=O) groups excluding carboxylic acids is 1. The van der Waals surface area contributed by atoms with Crippen molar-refractivity contribution in [3.05, 3.63) is 0 Å². The smallest absolute Gasteiger partial charge is 0.244 e. The number of hydrogen-bond acceptors (Lipinski definition) is 2. The number of nitrogens with zero attached hydrogens (tertiary/aromatic N) is 1. The molecule has 66 valence electrons. The van der Waals surface area contributed by atoms with Gasteiger partial charge in [0.25, 0.3) is 0 Å². The Morgan fingerprint density at radius 1 is 1.58 bits per heavy atom. The summed E-state index contributed by atoms with van der Waals surface area (Å²) in [5, 5.41) is 3.33. The van der Waals surface area contributed by atoms with Crippen molar-refractivity contribution in [2.45, 2.75) is 37.8 Å². The van der Waals surface area contributed by atoms with Crippen LogP contribution in [0.3, 0.4) is 0 Å². The monoisotopic (exact) mass is 166 g/mol. The van der Waals surface area contributed by atoms with Crippen LogP contribution in [0.4, 0.5) is 0 Å². The van der Waals surface area contributed by atoms with Gasteiger partial charge in [-0.05, 0) is 25.2 Å². The molecule has 2 aliphatic carbocycles.